The van der Waals surface area contributed by atoms with E-state index in [1.807, 2.05) is 6.08 Å². The van der Waals surface area contributed by atoms with Crippen LogP contribution in [0.3, 0.4) is 0 Å². The molecular formula is C18H34NSi3. The van der Waals surface area contributed by atoms with Crippen LogP contribution in [-0.4, -0.2) is 30.8 Å². The van der Waals surface area contributed by atoms with Gasteiger partial charge in [0.25, 0.3) is 0 Å². The molecule has 0 saturated carbocycles. The minimum atomic E-state index is -1.25. The van der Waals surface area contributed by atoms with Gasteiger partial charge in [-0.2, -0.15) is 0 Å². The molecule has 0 aliphatic heterocycles. The fourth-order valence-electron chi connectivity index (χ4n) is 2.93. The Hall–Kier alpha value is -0.429. The molecule has 1 N–H and O–H groups in total. The van der Waals surface area contributed by atoms with Crippen molar-refractivity contribution in [2.75, 3.05) is 0 Å². The van der Waals surface area contributed by atoms with Crippen molar-refractivity contribution in [3.05, 3.63) is 42.0 Å². The van der Waals surface area contributed by atoms with Crippen LogP contribution in [0.1, 0.15) is 11.1 Å². The zero-order chi connectivity index (χ0) is 17.0. The monoisotopic (exact) mass is 348 g/mol. The van der Waals surface area contributed by atoms with Gasteiger partial charge >= 0.3 is 0 Å². The Morgan fingerprint density at radius 1 is 1.18 bits per heavy atom. The van der Waals surface area contributed by atoms with Crippen molar-refractivity contribution in [2.24, 2.45) is 0 Å². The lowest BCUT2D eigenvalue weighted by Crippen LogP contribution is -2.55. The van der Waals surface area contributed by atoms with E-state index < -0.39 is 16.3 Å². The van der Waals surface area contributed by atoms with E-state index >= 15 is 0 Å². The smallest absolute Gasteiger partial charge is 0.116 e. The Morgan fingerprint density at radius 3 is 2.32 bits per heavy atom. The van der Waals surface area contributed by atoms with Crippen molar-refractivity contribution in [3.63, 3.8) is 0 Å². The SMILES string of the molecule is C=Cc1cccc(C[Si](C)(C)CC(N[Si](C)(C)C)[Si](C)C)c1. The summed E-state index contributed by atoms with van der Waals surface area (Å²) in [7, 11) is -2.76. The van der Waals surface area contributed by atoms with Gasteiger partial charge in [0.15, 0.2) is 0 Å². The maximum atomic E-state index is 4.02. The van der Waals surface area contributed by atoms with E-state index in [4.69, 9.17) is 0 Å². The van der Waals surface area contributed by atoms with E-state index in [0.717, 1.165) is 5.67 Å². The summed E-state index contributed by atoms with van der Waals surface area (Å²) < 4.78 is 0. The molecule has 0 aromatic heterocycles. The van der Waals surface area contributed by atoms with Gasteiger partial charge in [-0.15, -0.1) is 0 Å². The Balaban J connectivity index is 2.80. The molecule has 123 valence electrons. The lowest BCUT2D eigenvalue weighted by Gasteiger charge is -2.35. The molecule has 22 heavy (non-hydrogen) atoms. The summed E-state index contributed by atoms with van der Waals surface area (Å²) in [6.07, 6.45) is 1.95. The van der Waals surface area contributed by atoms with E-state index in [0.29, 0.717) is 0 Å². The minimum Gasteiger partial charge on any atom is -0.338 e. The average Bonchev–Trinajstić information content (AvgIpc) is 2.35. The normalized spacial score (nSPS) is 14.2. The van der Waals surface area contributed by atoms with Crippen molar-refractivity contribution in [1.82, 2.24) is 4.98 Å². The predicted octanol–water partition coefficient (Wildman–Crippen LogP) is 5.21. The highest BCUT2D eigenvalue weighted by atomic mass is 28.3. The van der Waals surface area contributed by atoms with E-state index in [2.05, 4.69) is 81.7 Å². The van der Waals surface area contributed by atoms with Crippen molar-refractivity contribution in [2.45, 2.75) is 63.6 Å². The first-order valence-corrected chi connectivity index (χ1v) is 17.8. The maximum Gasteiger partial charge on any atom is 0.116 e. The molecule has 1 atom stereocenters. The molecule has 0 bridgehead atoms. The Bertz CT molecular complexity index is 489. The fraction of sp³-hybridized carbons (Fsp3) is 0.556. The third-order valence-corrected chi connectivity index (χ3v) is 10.5. The van der Waals surface area contributed by atoms with Gasteiger partial charge in [0.1, 0.15) is 8.24 Å². The summed E-state index contributed by atoms with van der Waals surface area (Å²) in [5.41, 5.74) is 3.50. The van der Waals surface area contributed by atoms with Crippen LogP contribution in [0.4, 0.5) is 0 Å². The summed E-state index contributed by atoms with van der Waals surface area (Å²) >= 11 is 0. The molecule has 0 fully saturated rings. The third kappa shape index (κ3) is 7.22. The molecule has 1 radical (unpaired) electrons. The van der Waals surface area contributed by atoms with Crippen LogP contribution in [0.25, 0.3) is 6.08 Å². The summed E-state index contributed by atoms with van der Waals surface area (Å²) in [4.78, 5) is 4.02. The molecule has 1 aromatic rings. The third-order valence-electron chi connectivity index (χ3n) is 3.93. The van der Waals surface area contributed by atoms with E-state index in [1.54, 1.807) is 0 Å². The number of nitrogens with one attached hydrogen (secondary N) is 1. The number of benzene rings is 1. The summed E-state index contributed by atoms with van der Waals surface area (Å²) in [5.74, 6) is 0. The van der Waals surface area contributed by atoms with Gasteiger partial charge in [-0.1, -0.05) is 88.3 Å². The van der Waals surface area contributed by atoms with Crippen LogP contribution >= 0.6 is 0 Å². The quantitative estimate of drug-likeness (QED) is 0.636. The van der Waals surface area contributed by atoms with Crippen molar-refractivity contribution in [3.8, 4) is 0 Å². The largest absolute Gasteiger partial charge is 0.338 e. The van der Waals surface area contributed by atoms with Crippen molar-refractivity contribution >= 4 is 31.2 Å². The molecule has 0 aliphatic rings. The first-order valence-electron chi connectivity index (χ1n) is 8.31. The van der Waals surface area contributed by atoms with Crippen LogP contribution in [-0.2, 0) is 6.04 Å². The molecule has 0 spiro atoms. The van der Waals surface area contributed by atoms with Crippen LogP contribution in [0.15, 0.2) is 30.8 Å². The number of hydrogen-bond acceptors (Lipinski definition) is 1. The van der Waals surface area contributed by atoms with Crippen LogP contribution < -0.4 is 4.98 Å². The Morgan fingerprint density at radius 2 is 1.82 bits per heavy atom. The molecule has 0 heterocycles. The number of hydrogen-bond donors (Lipinski definition) is 1. The standard InChI is InChI=1S/C18H34NSi3/c1-9-16-11-10-12-17(13-16)14-22(7,8)15-18(20(2)3)19-21(4,5)6/h9-13,18-19H,1,14-15H2,2-8H3. The summed E-state index contributed by atoms with van der Waals surface area (Å²) in [6, 6.07) is 11.6. The van der Waals surface area contributed by atoms with Gasteiger partial charge < -0.3 is 4.98 Å². The highest BCUT2D eigenvalue weighted by Gasteiger charge is 2.30. The Labute approximate surface area is 141 Å². The second-order valence-electron chi connectivity index (χ2n) is 8.52. The molecule has 1 unspecified atom stereocenters. The van der Waals surface area contributed by atoms with Crippen LogP contribution in [0.5, 0.6) is 0 Å². The second kappa shape index (κ2) is 7.90. The fourth-order valence-corrected chi connectivity index (χ4v) is 12.7. The van der Waals surface area contributed by atoms with Gasteiger partial charge in [-0.3, -0.25) is 0 Å². The zero-order valence-corrected chi connectivity index (χ0v) is 18.6. The molecule has 1 aromatic carbocycles. The second-order valence-corrected chi connectivity index (χ2v) is 21.2. The first-order chi connectivity index (χ1) is 10.0. The predicted molar refractivity (Wildman–Crippen MR) is 110 cm³/mol. The lowest BCUT2D eigenvalue weighted by molar-refractivity contribution is 0.841. The lowest BCUT2D eigenvalue weighted by atomic mass is 10.1. The molecule has 0 amide bonds. The Kier molecular flexibility index (Phi) is 7.05. The van der Waals surface area contributed by atoms with Gasteiger partial charge in [0, 0.05) is 0 Å². The highest BCUT2D eigenvalue weighted by Crippen LogP contribution is 2.21. The van der Waals surface area contributed by atoms with E-state index in [9.17, 15) is 0 Å². The van der Waals surface area contributed by atoms with E-state index in [1.165, 1.54) is 23.2 Å². The average molecular weight is 349 g/mol. The molecule has 1 rings (SSSR count). The maximum absolute atomic E-state index is 4.02. The molecule has 4 heteroatoms. The first kappa shape index (κ1) is 19.6. The van der Waals surface area contributed by atoms with Gasteiger partial charge in [0.05, 0.1) is 16.9 Å². The van der Waals surface area contributed by atoms with Crippen molar-refractivity contribution < 1.29 is 0 Å². The summed E-state index contributed by atoms with van der Waals surface area (Å²) in [6.45, 7) is 21.2. The van der Waals surface area contributed by atoms with Gasteiger partial charge in [0.2, 0.25) is 0 Å². The van der Waals surface area contributed by atoms with Gasteiger partial charge in [-0.05, 0) is 23.3 Å². The van der Waals surface area contributed by atoms with Gasteiger partial charge in [-0.25, -0.2) is 0 Å². The van der Waals surface area contributed by atoms with E-state index in [-0.39, 0.29) is 8.80 Å². The highest BCUT2D eigenvalue weighted by molar-refractivity contribution is 6.79. The topological polar surface area (TPSA) is 12.0 Å². The minimum absolute atomic E-state index is 0.301. The molecule has 1 nitrogen and oxygen atoms in total. The summed E-state index contributed by atoms with van der Waals surface area (Å²) in [5, 5.41) is 0. The number of rotatable bonds is 8. The zero-order valence-electron chi connectivity index (χ0n) is 15.6. The van der Waals surface area contributed by atoms with Crippen molar-refractivity contribution in [1.29, 1.82) is 0 Å². The van der Waals surface area contributed by atoms with Crippen LogP contribution in [0, 0.1) is 0 Å². The van der Waals surface area contributed by atoms with Crippen LogP contribution in [0.2, 0.25) is 51.9 Å². The molecule has 0 saturated heterocycles. The molecular weight excluding hydrogens is 314 g/mol. The molecule has 0 aliphatic carbocycles.